The fourth-order valence-corrected chi connectivity index (χ4v) is 3.62. The van der Waals surface area contributed by atoms with Gasteiger partial charge in [0.25, 0.3) is 11.9 Å². The molecule has 1 saturated heterocycles. The summed E-state index contributed by atoms with van der Waals surface area (Å²) in [6, 6.07) is 16.0. The molecule has 4 rings (SSSR count). The Kier molecular flexibility index (Phi) is 4.44. The molecule has 1 aromatic heterocycles. The van der Waals surface area contributed by atoms with Crippen molar-refractivity contribution in [2.24, 2.45) is 0 Å². The molecule has 0 radical (unpaired) electrons. The number of fused-ring (bicyclic) bond motifs is 1. The number of carbonyl (C=O) groups is 1. The van der Waals surface area contributed by atoms with E-state index >= 15 is 0 Å². The highest BCUT2D eigenvalue weighted by Gasteiger charge is 2.28. The van der Waals surface area contributed by atoms with E-state index in [1.165, 1.54) is 0 Å². The van der Waals surface area contributed by atoms with Gasteiger partial charge in [-0.25, -0.2) is 0 Å². The molecule has 1 atom stereocenters. The summed E-state index contributed by atoms with van der Waals surface area (Å²) in [5.41, 5.74) is 2.31. The van der Waals surface area contributed by atoms with E-state index in [9.17, 15) is 4.79 Å². The van der Waals surface area contributed by atoms with Crippen molar-refractivity contribution in [3.05, 3.63) is 58.6 Å². The molecule has 0 saturated carbocycles. The molecule has 1 N–H and O–H groups in total. The molecule has 2 aromatic carbocycles. The van der Waals surface area contributed by atoms with Gasteiger partial charge >= 0.3 is 0 Å². The van der Waals surface area contributed by atoms with Crippen LogP contribution in [0.15, 0.2) is 57.4 Å². The first-order chi connectivity index (χ1) is 12.2. The fraction of sp³-hybridized carbons (Fsp3) is 0.263. The summed E-state index contributed by atoms with van der Waals surface area (Å²) in [5.74, 6) is -0.0642. The molecular formula is C19H18BrN3O2. The molecule has 5 nitrogen and oxygen atoms in total. The summed E-state index contributed by atoms with van der Waals surface area (Å²) in [5, 5.41) is 3.03. The van der Waals surface area contributed by atoms with E-state index in [1.807, 2.05) is 48.5 Å². The highest BCUT2D eigenvalue weighted by Crippen LogP contribution is 2.28. The number of carbonyl (C=O) groups excluding carboxylic acids is 1. The largest absolute Gasteiger partial charge is 0.423 e. The number of benzene rings is 2. The standard InChI is InChI=1S/C19H18BrN3O2/c20-14-6-3-5-13(11-14)18(24)21-12-15-7-4-10-23(15)19-22-16-8-1-2-9-17(16)25-19/h1-3,5-6,8-9,11,15H,4,7,10,12H2,(H,21,24). The molecule has 25 heavy (non-hydrogen) atoms. The Morgan fingerprint density at radius 2 is 2.16 bits per heavy atom. The molecular weight excluding hydrogens is 382 g/mol. The van der Waals surface area contributed by atoms with Gasteiger partial charge in [-0.05, 0) is 43.2 Å². The molecule has 128 valence electrons. The molecule has 3 aromatic rings. The third-order valence-corrected chi connectivity index (χ3v) is 4.98. The second-order valence-corrected chi connectivity index (χ2v) is 7.09. The van der Waals surface area contributed by atoms with E-state index in [1.54, 1.807) is 0 Å². The third kappa shape index (κ3) is 3.39. The van der Waals surface area contributed by atoms with Crippen LogP contribution in [0.3, 0.4) is 0 Å². The lowest BCUT2D eigenvalue weighted by atomic mass is 10.2. The maximum Gasteiger partial charge on any atom is 0.298 e. The molecule has 1 amide bonds. The number of amides is 1. The average Bonchev–Trinajstić information content (AvgIpc) is 3.25. The van der Waals surface area contributed by atoms with Gasteiger partial charge in [0.15, 0.2) is 5.58 Å². The van der Waals surface area contributed by atoms with Crippen molar-refractivity contribution >= 4 is 39.0 Å². The molecule has 6 heteroatoms. The predicted octanol–water partition coefficient (Wildman–Crippen LogP) is 3.99. The minimum absolute atomic E-state index is 0.0642. The van der Waals surface area contributed by atoms with Crippen molar-refractivity contribution in [3.63, 3.8) is 0 Å². The number of rotatable bonds is 4. The van der Waals surface area contributed by atoms with E-state index in [-0.39, 0.29) is 11.9 Å². The summed E-state index contributed by atoms with van der Waals surface area (Å²) in [6.45, 7) is 1.47. The van der Waals surface area contributed by atoms with E-state index < -0.39 is 0 Å². The van der Waals surface area contributed by atoms with Crippen LogP contribution in [0, 0.1) is 0 Å². The smallest absolute Gasteiger partial charge is 0.298 e. The minimum atomic E-state index is -0.0642. The number of oxazole rings is 1. The fourth-order valence-electron chi connectivity index (χ4n) is 3.22. The van der Waals surface area contributed by atoms with Crippen molar-refractivity contribution in [1.82, 2.24) is 10.3 Å². The summed E-state index contributed by atoms with van der Waals surface area (Å²) >= 11 is 3.40. The number of halogens is 1. The van der Waals surface area contributed by atoms with Gasteiger partial charge in [-0.15, -0.1) is 0 Å². The lowest BCUT2D eigenvalue weighted by Crippen LogP contribution is -2.40. The Labute approximate surface area is 154 Å². The van der Waals surface area contributed by atoms with Crippen molar-refractivity contribution in [3.8, 4) is 0 Å². The van der Waals surface area contributed by atoms with Gasteiger partial charge in [0.2, 0.25) is 0 Å². The second-order valence-electron chi connectivity index (χ2n) is 6.17. The van der Waals surface area contributed by atoms with Crippen LogP contribution in [-0.2, 0) is 0 Å². The molecule has 0 aliphatic carbocycles. The number of hydrogen-bond donors (Lipinski definition) is 1. The molecule has 0 bridgehead atoms. The van der Waals surface area contributed by atoms with Crippen molar-refractivity contribution < 1.29 is 9.21 Å². The van der Waals surface area contributed by atoms with Gasteiger partial charge in [-0.3, -0.25) is 4.79 Å². The average molecular weight is 400 g/mol. The first-order valence-corrected chi connectivity index (χ1v) is 9.16. The highest BCUT2D eigenvalue weighted by atomic mass is 79.9. The summed E-state index contributed by atoms with van der Waals surface area (Å²) < 4.78 is 6.78. The monoisotopic (exact) mass is 399 g/mol. The van der Waals surface area contributed by atoms with Crippen LogP contribution in [0.2, 0.25) is 0 Å². The minimum Gasteiger partial charge on any atom is -0.423 e. The zero-order chi connectivity index (χ0) is 17.2. The van der Waals surface area contributed by atoms with Crippen LogP contribution in [0.1, 0.15) is 23.2 Å². The lowest BCUT2D eigenvalue weighted by Gasteiger charge is -2.23. The Balaban J connectivity index is 1.45. The number of nitrogens with zero attached hydrogens (tertiary/aromatic N) is 2. The number of anilines is 1. The van der Waals surface area contributed by atoms with Crippen molar-refractivity contribution in [2.75, 3.05) is 18.0 Å². The number of para-hydroxylation sites is 2. The van der Waals surface area contributed by atoms with Crippen LogP contribution in [0.25, 0.3) is 11.1 Å². The van der Waals surface area contributed by atoms with Gasteiger partial charge in [-0.2, -0.15) is 4.98 Å². The third-order valence-electron chi connectivity index (χ3n) is 4.49. The SMILES string of the molecule is O=C(NCC1CCCN1c1nc2ccccc2o1)c1cccc(Br)c1. The number of aromatic nitrogens is 1. The van der Waals surface area contributed by atoms with Gasteiger partial charge in [0.05, 0.1) is 6.04 Å². The first-order valence-electron chi connectivity index (χ1n) is 8.37. The maximum atomic E-state index is 12.3. The predicted molar refractivity (Wildman–Crippen MR) is 101 cm³/mol. The number of hydrogen-bond acceptors (Lipinski definition) is 4. The zero-order valence-electron chi connectivity index (χ0n) is 13.6. The summed E-state index contributed by atoms with van der Waals surface area (Å²) in [4.78, 5) is 19.1. The normalized spacial score (nSPS) is 17.2. The van der Waals surface area contributed by atoms with Crippen LogP contribution >= 0.6 is 15.9 Å². The molecule has 2 heterocycles. The van der Waals surface area contributed by atoms with Gasteiger partial charge in [0.1, 0.15) is 5.52 Å². The van der Waals surface area contributed by atoms with Crippen LogP contribution in [0.5, 0.6) is 0 Å². The van der Waals surface area contributed by atoms with Gasteiger partial charge in [-0.1, -0.05) is 34.1 Å². The van der Waals surface area contributed by atoms with E-state index in [2.05, 4.69) is 31.1 Å². The Bertz CT molecular complexity index is 875. The first kappa shape index (κ1) is 16.1. The maximum absolute atomic E-state index is 12.3. The molecule has 1 fully saturated rings. The Morgan fingerprint density at radius 3 is 3.00 bits per heavy atom. The van der Waals surface area contributed by atoms with Crippen LogP contribution in [0.4, 0.5) is 6.01 Å². The van der Waals surface area contributed by atoms with Crippen molar-refractivity contribution in [1.29, 1.82) is 0 Å². The summed E-state index contributed by atoms with van der Waals surface area (Å²) in [6.07, 6.45) is 2.08. The van der Waals surface area contributed by atoms with Crippen molar-refractivity contribution in [2.45, 2.75) is 18.9 Å². The quantitative estimate of drug-likeness (QED) is 0.720. The Hall–Kier alpha value is -2.34. The van der Waals surface area contributed by atoms with Crippen LogP contribution in [-0.4, -0.2) is 30.0 Å². The van der Waals surface area contributed by atoms with Gasteiger partial charge < -0.3 is 14.6 Å². The van der Waals surface area contributed by atoms with E-state index in [0.717, 1.165) is 35.0 Å². The van der Waals surface area contributed by atoms with Crippen LogP contribution < -0.4 is 10.2 Å². The number of nitrogens with one attached hydrogen (secondary N) is 1. The van der Waals surface area contributed by atoms with E-state index in [0.29, 0.717) is 18.1 Å². The lowest BCUT2D eigenvalue weighted by molar-refractivity contribution is 0.0951. The Morgan fingerprint density at radius 1 is 1.28 bits per heavy atom. The topological polar surface area (TPSA) is 58.4 Å². The molecule has 1 aliphatic rings. The van der Waals surface area contributed by atoms with E-state index in [4.69, 9.17) is 4.42 Å². The molecule has 0 spiro atoms. The van der Waals surface area contributed by atoms with Gasteiger partial charge in [0, 0.05) is 23.1 Å². The second kappa shape index (κ2) is 6.88. The molecule has 1 unspecified atom stereocenters. The highest BCUT2D eigenvalue weighted by molar-refractivity contribution is 9.10. The summed E-state index contributed by atoms with van der Waals surface area (Å²) in [7, 11) is 0. The zero-order valence-corrected chi connectivity index (χ0v) is 15.2. The molecule has 1 aliphatic heterocycles.